The standard InChI is InChI=1S/C27H34F3N/c1-3-4-5-6-7-8-9-10-11-23-12-14-25(15-13-23)22-31(2)21-20-24-16-18-26(19-17-24)27(28,29)30/h12-19H,3-9,20-22H2,1-2H3. The van der Waals surface area contributed by atoms with Gasteiger partial charge in [0.1, 0.15) is 0 Å². The van der Waals surface area contributed by atoms with Crippen LogP contribution in [0.2, 0.25) is 0 Å². The summed E-state index contributed by atoms with van der Waals surface area (Å²) in [6, 6.07) is 13.8. The van der Waals surface area contributed by atoms with Gasteiger partial charge in [0.25, 0.3) is 0 Å². The van der Waals surface area contributed by atoms with Crippen LogP contribution in [0.15, 0.2) is 48.5 Å². The fraction of sp³-hybridized carbons (Fsp3) is 0.481. The van der Waals surface area contributed by atoms with E-state index < -0.39 is 11.7 Å². The topological polar surface area (TPSA) is 3.24 Å². The molecule has 0 aliphatic carbocycles. The van der Waals surface area contributed by atoms with Crippen molar-refractivity contribution in [1.82, 2.24) is 4.90 Å². The SMILES string of the molecule is CCCCCCCCC#Cc1ccc(CN(C)CCc2ccc(C(F)(F)F)cc2)cc1. The van der Waals surface area contributed by atoms with Gasteiger partial charge in [0.05, 0.1) is 5.56 Å². The molecule has 0 radical (unpaired) electrons. The second kappa shape index (κ2) is 13.2. The van der Waals surface area contributed by atoms with Crippen molar-refractivity contribution in [1.29, 1.82) is 0 Å². The molecule has 168 valence electrons. The Bertz CT molecular complexity index is 811. The van der Waals surface area contributed by atoms with Gasteiger partial charge < -0.3 is 4.90 Å². The maximum Gasteiger partial charge on any atom is 0.416 e. The van der Waals surface area contributed by atoms with E-state index in [1.807, 2.05) is 7.05 Å². The Morgan fingerprint density at radius 3 is 2.06 bits per heavy atom. The molecule has 1 nitrogen and oxygen atoms in total. The third kappa shape index (κ3) is 10.1. The summed E-state index contributed by atoms with van der Waals surface area (Å²) in [5, 5.41) is 0. The lowest BCUT2D eigenvalue weighted by Crippen LogP contribution is -2.20. The highest BCUT2D eigenvalue weighted by molar-refractivity contribution is 5.36. The molecule has 0 amide bonds. The lowest BCUT2D eigenvalue weighted by atomic mass is 10.1. The molecule has 0 aromatic heterocycles. The van der Waals surface area contributed by atoms with E-state index >= 15 is 0 Å². The van der Waals surface area contributed by atoms with Crippen LogP contribution in [0.4, 0.5) is 13.2 Å². The van der Waals surface area contributed by atoms with Gasteiger partial charge in [-0.15, -0.1) is 0 Å². The Hall–Kier alpha value is -2.25. The molecule has 0 N–H and O–H groups in total. The zero-order chi connectivity index (χ0) is 22.5. The third-order valence-corrected chi connectivity index (χ3v) is 5.36. The highest BCUT2D eigenvalue weighted by atomic mass is 19.4. The van der Waals surface area contributed by atoms with Gasteiger partial charge in [-0.05, 0) is 55.3 Å². The van der Waals surface area contributed by atoms with Crippen molar-refractivity contribution in [2.45, 2.75) is 71.0 Å². The molecular formula is C27H34F3N. The summed E-state index contributed by atoms with van der Waals surface area (Å²) >= 11 is 0. The van der Waals surface area contributed by atoms with E-state index in [4.69, 9.17) is 0 Å². The molecule has 2 rings (SSSR count). The number of hydrogen-bond donors (Lipinski definition) is 0. The molecule has 0 unspecified atom stereocenters. The average Bonchev–Trinajstić information content (AvgIpc) is 2.75. The summed E-state index contributed by atoms with van der Waals surface area (Å²) in [7, 11) is 2.03. The van der Waals surface area contributed by atoms with Crippen LogP contribution in [-0.2, 0) is 19.1 Å². The van der Waals surface area contributed by atoms with E-state index in [9.17, 15) is 13.2 Å². The van der Waals surface area contributed by atoms with Crippen LogP contribution >= 0.6 is 0 Å². The van der Waals surface area contributed by atoms with Crippen LogP contribution < -0.4 is 0 Å². The molecule has 2 aromatic rings. The molecule has 0 saturated carbocycles. The number of nitrogens with zero attached hydrogens (tertiary/aromatic N) is 1. The van der Waals surface area contributed by atoms with Crippen LogP contribution in [-0.4, -0.2) is 18.5 Å². The van der Waals surface area contributed by atoms with Crippen molar-refractivity contribution < 1.29 is 13.2 Å². The summed E-state index contributed by atoms with van der Waals surface area (Å²) in [5.74, 6) is 6.52. The smallest absolute Gasteiger partial charge is 0.302 e. The minimum atomic E-state index is -4.28. The molecule has 0 atom stereocenters. The lowest BCUT2D eigenvalue weighted by Gasteiger charge is -2.17. The molecule has 0 heterocycles. The van der Waals surface area contributed by atoms with Gasteiger partial charge in [0, 0.05) is 25.1 Å². The molecule has 0 fully saturated rings. The first-order valence-electron chi connectivity index (χ1n) is 11.3. The maximum absolute atomic E-state index is 12.6. The van der Waals surface area contributed by atoms with Crippen LogP contribution in [0.5, 0.6) is 0 Å². The highest BCUT2D eigenvalue weighted by Crippen LogP contribution is 2.29. The largest absolute Gasteiger partial charge is 0.416 e. The number of likely N-dealkylation sites (N-methyl/N-ethyl adjacent to an activating group) is 1. The number of benzene rings is 2. The zero-order valence-electron chi connectivity index (χ0n) is 18.8. The average molecular weight is 430 g/mol. The Labute approximate surface area is 185 Å². The van der Waals surface area contributed by atoms with Gasteiger partial charge >= 0.3 is 6.18 Å². The molecule has 2 aromatic carbocycles. The first kappa shape index (κ1) is 25.0. The Balaban J connectivity index is 1.70. The molecule has 0 saturated heterocycles. The second-order valence-electron chi connectivity index (χ2n) is 8.20. The summed E-state index contributed by atoms with van der Waals surface area (Å²) in [6.07, 6.45) is 5.12. The quantitative estimate of drug-likeness (QED) is 0.264. The number of halogens is 3. The third-order valence-electron chi connectivity index (χ3n) is 5.36. The summed E-state index contributed by atoms with van der Waals surface area (Å²) < 4.78 is 37.9. The lowest BCUT2D eigenvalue weighted by molar-refractivity contribution is -0.137. The van der Waals surface area contributed by atoms with E-state index in [1.165, 1.54) is 44.1 Å². The van der Waals surface area contributed by atoms with E-state index in [2.05, 4.69) is 47.9 Å². The Kier molecular flexibility index (Phi) is 10.7. The van der Waals surface area contributed by atoms with Gasteiger partial charge in [-0.3, -0.25) is 0 Å². The predicted molar refractivity (Wildman–Crippen MR) is 123 cm³/mol. The predicted octanol–water partition coefficient (Wildman–Crippen LogP) is 7.48. The summed E-state index contributed by atoms with van der Waals surface area (Å²) in [4.78, 5) is 2.18. The Morgan fingerprint density at radius 2 is 1.42 bits per heavy atom. The number of rotatable bonds is 11. The normalized spacial score (nSPS) is 11.4. The Morgan fingerprint density at radius 1 is 0.806 bits per heavy atom. The summed E-state index contributed by atoms with van der Waals surface area (Å²) in [6.45, 7) is 3.81. The number of hydrogen-bond acceptors (Lipinski definition) is 1. The van der Waals surface area contributed by atoms with Gasteiger partial charge in [0.15, 0.2) is 0 Å². The summed E-state index contributed by atoms with van der Waals surface area (Å²) in [5.41, 5.74) is 2.56. The van der Waals surface area contributed by atoms with Crippen molar-refractivity contribution in [2.24, 2.45) is 0 Å². The van der Waals surface area contributed by atoms with Crippen molar-refractivity contribution in [3.05, 3.63) is 70.8 Å². The molecular weight excluding hydrogens is 395 g/mol. The fourth-order valence-electron chi connectivity index (χ4n) is 3.42. The van der Waals surface area contributed by atoms with Crippen LogP contribution in [0.3, 0.4) is 0 Å². The molecule has 4 heteroatoms. The minimum Gasteiger partial charge on any atom is -0.302 e. The van der Waals surface area contributed by atoms with Crippen LogP contribution in [0.25, 0.3) is 0 Å². The fourth-order valence-corrected chi connectivity index (χ4v) is 3.42. The first-order chi connectivity index (χ1) is 14.9. The van der Waals surface area contributed by atoms with Gasteiger partial charge in [0.2, 0.25) is 0 Å². The van der Waals surface area contributed by atoms with Crippen LogP contribution in [0, 0.1) is 11.8 Å². The van der Waals surface area contributed by atoms with E-state index in [1.54, 1.807) is 12.1 Å². The molecule has 0 aliphatic rings. The monoisotopic (exact) mass is 429 g/mol. The van der Waals surface area contributed by atoms with Crippen molar-refractivity contribution in [2.75, 3.05) is 13.6 Å². The maximum atomic E-state index is 12.6. The highest BCUT2D eigenvalue weighted by Gasteiger charge is 2.29. The minimum absolute atomic E-state index is 0.597. The first-order valence-corrected chi connectivity index (χ1v) is 11.3. The van der Waals surface area contributed by atoms with Gasteiger partial charge in [-0.2, -0.15) is 13.2 Å². The van der Waals surface area contributed by atoms with E-state index in [-0.39, 0.29) is 0 Å². The number of alkyl halides is 3. The zero-order valence-corrected chi connectivity index (χ0v) is 18.8. The molecule has 31 heavy (non-hydrogen) atoms. The molecule has 0 bridgehead atoms. The molecule has 0 aliphatic heterocycles. The van der Waals surface area contributed by atoms with Gasteiger partial charge in [-0.1, -0.05) is 75.1 Å². The van der Waals surface area contributed by atoms with Gasteiger partial charge in [-0.25, -0.2) is 0 Å². The van der Waals surface area contributed by atoms with Crippen molar-refractivity contribution >= 4 is 0 Å². The second-order valence-corrected chi connectivity index (χ2v) is 8.20. The van der Waals surface area contributed by atoms with Crippen molar-refractivity contribution in [3.63, 3.8) is 0 Å². The van der Waals surface area contributed by atoms with Crippen molar-refractivity contribution in [3.8, 4) is 11.8 Å². The number of unbranched alkanes of at least 4 members (excludes halogenated alkanes) is 6. The molecule has 0 spiro atoms. The van der Waals surface area contributed by atoms with E-state index in [0.717, 1.165) is 49.2 Å². The van der Waals surface area contributed by atoms with Crippen LogP contribution in [0.1, 0.15) is 74.1 Å². The van der Waals surface area contributed by atoms with E-state index in [0.29, 0.717) is 0 Å².